The number of halogens is 1. The van der Waals surface area contributed by atoms with Crippen molar-refractivity contribution in [2.24, 2.45) is 0 Å². The molecule has 27 heavy (non-hydrogen) atoms. The molecule has 0 saturated carbocycles. The van der Waals surface area contributed by atoms with Crippen molar-refractivity contribution in [1.29, 1.82) is 0 Å². The fourth-order valence-corrected chi connectivity index (χ4v) is 3.38. The van der Waals surface area contributed by atoms with E-state index < -0.39 is 0 Å². The summed E-state index contributed by atoms with van der Waals surface area (Å²) in [6.07, 6.45) is 0. The van der Waals surface area contributed by atoms with Gasteiger partial charge in [0.2, 0.25) is 0 Å². The van der Waals surface area contributed by atoms with Crippen LogP contribution in [-0.4, -0.2) is 14.6 Å². The minimum Gasteiger partial charge on any atom is -0.340 e. The quantitative estimate of drug-likeness (QED) is 0.474. The highest BCUT2D eigenvalue weighted by Crippen LogP contribution is 2.31. The van der Waals surface area contributed by atoms with E-state index in [1.165, 1.54) is 11.1 Å². The smallest absolute Gasteiger partial charge is 0.165 e. The zero-order chi connectivity index (χ0) is 19.1. The predicted octanol–water partition coefficient (Wildman–Crippen LogP) is 6.03. The van der Waals surface area contributed by atoms with Crippen LogP contribution in [0.5, 0.6) is 0 Å². The molecule has 5 heteroatoms. The van der Waals surface area contributed by atoms with Crippen LogP contribution in [-0.2, 0) is 0 Å². The van der Waals surface area contributed by atoms with Gasteiger partial charge >= 0.3 is 0 Å². The fraction of sp³-hybridized carbons (Fsp3) is 0.182. The van der Waals surface area contributed by atoms with E-state index >= 15 is 0 Å². The molecule has 0 spiro atoms. The van der Waals surface area contributed by atoms with Crippen molar-refractivity contribution in [2.75, 3.05) is 5.32 Å². The van der Waals surface area contributed by atoms with Gasteiger partial charge in [-0.3, -0.25) is 0 Å². The van der Waals surface area contributed by atoms with E-state index in [1.807, 2.05) is 48.7 Å². The SMILES string of the molecule is Cc1cc(Nc2ccc(C)c(C)c2)n2nc(C)c(-c3ccc(Cl)cc3)c2n1. The molecule has 0 aliphatic rings. The van der Waals surface area contributed by atoms with E-state index in [1.54, 1.807) is 0 Å². The van der Waals surface area contributed by atoms with Crippen molar-refractivity contribution in [2.45, 2.75) is 27.7 Å². The number of rotatable bonds is 3. The summed E-state index contributed by atoms with van der Waals surface area (Å²) in [5.41, 5.74) is 8.34. The molecule has 2 heterocycles. The van der Waals surface area contributed by atoms with E-state index in [0.717, 1.165) is 39.7 Å². The number of hydrogen-bond donors (Lipinski definition) is 1. The average Bonchev–Trinajstić information content (AvgIpc) is 2.95. The molecule has 0 fully saturated rings. The van der Waals surface area contributed by atoms with Gasteiger partial charge in [-0.25, -0.2) is 4.98 Å². The second kappa shape index (κ2) is 6.71. The van der Waals surface area contributed by atoms with Crippen LogP contribution in [0.25, 0.3) is 16.8 Å². The van der Waals surface area contributed by atoms with Gasteiger partial charge in [0.1, 0.15) is 5.82 Å². The zero-order valence-electron chi connectivity index (χ0n) is 15.8. The van der Waals surface area contributed by atoms with Crippen LogP contribution in [0.1, 0.15) is 22.5 Å². The van der Waals surface area contributed by atoms with Crippen LogP contribution in [0, 0.1) is 27.7 Å². The number of nitrogens with one attached hydrogen (secondary N) is 1. The Bertz CT molecular complexity index is 1140. The molecule has 0 bridgehead atoms. The monoisotopic (exact) mass is 376 g/mol. The third kappa shape index (κ3) is 3.28. The third-order valence-corrected chi connectivity index (χ3v) is 5.06. The Hall–Kier alpha value is -2.85. The topological polar surface area (TPSA) is 42.2 Å². The minimum atomic E-state index is 0.717. The Labute approximate surface area is 163 Å². The highest BCUT2D eigenvalue weighted by Gasteiger charge is 2.16. The van der Waals surface area contributed by atoms with Crippen molar-refractivity contribution < 1.29 is 0 Å². The summed E-state index contributed by atoms with van der Waals surface area (Å²) in [5, 5.41) is 8.96. The molecule has 0 radical (unpaired) electrons. The van der Waals surface area contributed by atoms with E-state index in [-0.39, 0.29) is 0 Å². The van der Waals surface area contributed by atoms with Crippen molar-refractivity contribution in [3.63, 3.8) is 0 Å². The fourth-order valence-electron chi connectivity index (χ4n) is 3.26. The van der Waals surface area contributed by atoms with Gasteiger partial charge in [0.15, 0.2) is 5.65 Å². The molecular weight excluding hydrogens is 356 g/mol. The molecule has 0 atom stereocenters. The Morgan fingerprint density at radius 3 is 2.33 bits per heavy atom. The van der Waals surface area contributed by atoms with Gasteiger partial charge in [0.05, 0.1) is 5.69 Å². The first-order chi connectivity index (χ1) is 12.9. The lowest BCUT2D eigenvalue weighted by atomic mass is 10.1. The summed E-state index contributed by atoms with van der Waals surface area (Å²) in [5.74, 6) is 0.893. The second-order valence-electron chi connectivity index (χ2n) is 6.91. The van der Waals surface area contributed by atoms with E-state index in [9.17, 15) is 0 Å². The first kappa shape index (κ1) is 17.6. The Morgan fingerprint density at radius 1 is 0.889 bits per heavy atom. The average molecular weight is 377 g/mol. The number of aryl methyl sites for hydroxylation is 4. The third-order valence-electron chi connectivity index (χ3n) is 4.80. The lowest BCUT2D eigenvalue weighted by Gasteiger charge is -2.11. The maximum absolute atomic E-state index is 6.05. The molecule has 1 N–H and O–H groups in total. The lowest BCUT2D eigenvalue weighted by molar-refractivity contribution is 0.917. The van der Waals surface area contributed by atoms with Gasteiger partial charge in [-0.1, -0.05) is 29.8 Å². The molecule has 0 aliphatic heterocycles. The lowest BCUT2D eigenvalue weighted by Crippen LogP contribution is -2.03. The molecule has 4 nitrogen and oxygen atoms in total. The summed E-state index contributed by atoms with van der Waals surface area (Å²) in [7, 11) is 0. The zero-order valence-corrected chi connectivity index (χ0v) is 16.6. The Kier molecular flexibility index (Phi) is 4.36. The molecule has 2 aromatic carbocycles. The molecule has 0 aliphatic carbocycles. The molecule has 2 aromatic heterocycles. The number of hydrogen-bond acceptors (Lipinski definition) is 3. The number of anilines is 2. The first-order valence-corrected chi connectivity index (χ1v) is 9.27. The van der Waals surface area contributed by atoms with Crippen LogP contribution in [0.15, 0.2) is 48.5 Å². The van der Waals surface area contributed by atoms with Crippen molar-refractivity contribution in [3.05, 3.63) is 76.1 Å². The highest BCUT2D eigenvalue weighted by atomic mass is 35.5. The molecular formula is C22H21ClN4. The molecule has 4 aromatic rings. The summed E-state index contributed by atoms with van der Waals surface area (Å²) < 4.78 is 1.88. The number of nitrogens with zero attached hydrogens (tertiary/aromatic N) is 3. The van der Waals surface area contributed by atoms with Gasteiger partial charge < -0.3 is 5.32 Å². The van der Waals surface area contributed by atoms with Crippen molar-refractivity contribution >= 4 is 28.8 Å². The van der Waals surface area contributed by atoms with Crippen LogP contribution in [0.2, 0.25) is 5.02 Å². The minimum absolute atomic E-state index is 0.717. The summed E-state index contributed by atoms with van der Waals surface area (Å²) in [6, 6.07) is 16.2. The van der Waals surface area contributed by atoms with Crippen LogP contribution >= 0.6 is 11.6 Å². The summed E-state index contributed by atoms with van der Waals surface area (Å²) in [6.45, 7) is 8.24. The van der Waals surface area contributed by atoms with E-state index in [2.05, 4.69) is 37.4 Å². The summed E-state index contributed by atoms with van der Waals surface area (Å²) in [4.78, 5) is 4.76. The number of benzene rings is 2. The second-order valence-corrected chi connectivity index (χ2v) is 7.35. The van der Waals surface area contributed by atoms with Gasteiger partial charge in [-0.2, -0.15) is 9.61 Å². The van der Waals surface area contributed by atoms with Crippen molar-refractivity contribution in [3.8, 4) is 11.1 Å². The normalized spacial score (nSPS) is 11.1. The molecule has 0 unspecified atom stereocenters. The van der Waals surface area contributed by atoms with Gasteiger partial charge in [-0.15, -0.1) is 0 Å². The first-order valence-electron chi connectivity index (χ1n) is 8.89. The highest BCUT2D eigenvalue weighted by molar-refractivity contribution is 6.30. The van der Waals surface area contributed by atoms with E-state index in [0.29, 0.717) is 5.02 Å². The maximum atomic E-state index is 6.05. The van der Waals surface area contributed by atoms with Crippen LogP contribution in [0.4, 0.5) is 11.5 Å². The Morgan fingerprint density at radius 2 is 1.63 bits per heavy atom. The molecule has 4 rings (SSSR count). The number of aromatic nitrogens is 3. The molecule has 0 amide bonds. The molecule has 0 saturated heterocycles. The maximum Gasteiger partial charge on any atom is 0.165 e. The summed E-state index contributed by atoms with van der Waals surface area (Å²) >= 11 is 6.05. The Balaban J connectivity index is 1.86. The predicted molar refractivity (Wildman–Crippen MR) is 112 cm³/mol. The van der Waals surface area contributed by atoms with Crippen LogP contribution < -0.4 is 5.32 Å². The van der Waals surface area contributed by atoms with Gasteiger partial charge in [0.25, 0.3) is 0 Å². The van der Waals surface area contributed by atoms with E-state index in [4.69, 9.17) is 21.7 Å². The van der Waals surface area contributed by atoms with Crippen molar-refractivity contribution in [1.82, 2.24) is 14.6 Å². The van der Waals surface area contributed by atoms with Gasteiger partial charge in [0, 0.05) is 28.0 Å². The standard InChI is InChI=1S/C22H21ClN4/c1-13-5-10-19(11-14(13)2)25-20-12-15(3)24-22-21(16(4)26-27(20)22)17-6-8-18(23)9-7-17/h5-12,25H,1-4H3. The van der Waals surface area contributed by atoms with Gasteiger partial charge in [-0.05, 0) is 68.7 Å². The molecule has 136 valence electrons. The largest absolute Gasteiger partial charge is 0.340 e. The number of fused-ring (bicyclic) bond motifs is 1. The van der Waals surface area contributed by atoms with Crippen LogP contribution in [0.3, 0.4) is 0 Å².